The van der Waals surface area contributed by atoms with Gasteiger partial charge in [-0.2, -0.15) is 18.3 Å². The van der Waals surface area contributed by atoms with Crippen LogP contribution in [0, 0.1) is 0 Å². The van der Waals surface area contributed by atoms with Gasteiger partial charge in [-0.1, -0.05) is 26.2 Å². The van der Waals surface area contributed by atoms with E-state index in [1.54, 1.807) is 45.0 Å². The molecule has 0 aliphatic carbocycles. The van der Waals surface area contributed by atoms with Crippen molar-refractivity contribution in [2.45, 2.75) is 97.5 Å². The molecule has 0 fully saturated rings. The van der Waals surface area contributed by atoms with Gasteiger partial charge in [0.1, 0.15) is 23.8 Å². The fourth-order valence-corrected chi connectivity index (χ4v) is 3.76. The van der Waals surface area contributed by atoms with E-state index in [9.17, 15) is 27.6 Å². The van der Waals surface area contributed by atoms with Gasteiger partial charge in [0.05, 0.1) is 13.2 Å². The third kappa shape index (κ3) is 10.4. The molecule has 0 spiro atoms. The van der Waals surface area contributed by atoms with Crippen molar-refractivity contribution in [3.8, 4) is 11.5 Å². The molecule has 0 saturated heterocycles. The first-order chi connectivity index (χ1) is 18.4. The van der Waals surface area contributed by atoms with Crippen LogP contribution in [0.25, 0.3) is 0 Å². The first-order valence-electron chi connectivity index (χ1n) is 13.2. The number of unbranched alkanes of at least 4 members (excludes halogenated alkanes) is 3. The summed E-state index contributed by atoms with van der Waals surface area (Å²) in [6.45, 7) is 6.87. The molecule has 0 saturated carbocycles. The molecule has 0 aliphatic heterocycles. The fraction of sp³-hybridized carbons (Fsp3) is 0.630. The van der Waals surface area contributed by atoms with Crippen LogP contribution in [0.1, 0.15) is 71.9 Å². The van der Waals surface area contributed by atoms with Gasteiger partial charge in [-0.25, -0.2) is 14.3 Å². The number of benzene rings is 1. The van der Waals surface area contributed by atoms with Gasteiger partial charge >= 0.3 is 17.8 Å². The van der Waals surface area contributed by atoms with Crippen LogP contribution in [0.2, 0.25) is 0 Å². The molecule has 0 atom stereocenters. The lowest BCUT2D eigenvalue weighted by Gasteiger charge is -2.24. The number of ether oxygens (including phenoxy) is 3. The Bertz CT molecular complexity index is 1170. The minimum absolute atomic E-state index is 0.00547. The van der Waals surface area contributed by atoms with Crippen molar-refractivity contribution in [3.05, 3.63) is 50.8 Å². The van der Waals surface area contributed by atoms with Gasteiger partial charge in [0.25, 0.3) is 5.56 Å². The van der Waals surface area contributed by atoms with Gasteiger partial charge in [0, 0.05) is 13.0 Å². The van der Waals surface area contributed by atoms with Crippen molar-refractivity contribution in [3.63, 3.8) is 0 Å². The zero-order valence-electron chi connectivity index (χ0n) is 23.0. The Morgan fingerprint density at radius 3 is 2.23 bits per heavy atom. The smallest absolute Gasteiger partial charge is 0.389 e. The van der Waals surface area contributed by atoms with Crippen LogP contribution in [0.15, 0.2) is 33.9 Å². The van der Waals surface area contributed by atoms with Gasteiger partial charge < -0.3 is 14.2 Å². The summed E-state index contributed by atoms with van der Waals surface area (Å²) in [5.74, 6) is 0.396. The molecule has 1 aromatic heterocycles. The normalized spacial score (nSPS) is 11.9. The Hall–Kier alpha value is -3.31. The predicted molar refractivity (Wildman–Crippen MR) is 139 cm³/mol. The predicted octanol–water partition coefficient (Wildman–Crippen LogP) is 4.67. The highest BCUT2D eigenvalue weighted by Gasteiger charge is 2.31. The lowest BCUT2D eigenvalue weighted by molar-refractivity contribution is -0.158. The van der Waals surface area contributed by atoms with E-state index in [4.69, 9.17) is 14.2 Å². The van der Waals surface area contributed by atoms with Gasteiger partial charge in [-0.3, -0.25) is 9.36 Å². The van der Waals surface area contributed by atoms with Crippen molar-refractivity contribution in [1.29, 1.82) is 0 Å². The van der Waals surface area contributed by atoms with E-state index < -0.39 is 35.4 Å². The number of carbonyl (C=O) groups is 1. The summed E-state index contributed by atoms with van der Waals surface area (Å²) in [4.78, 5) is 37.7. The average Bonchev–Trinajstić information content (AvgIpc) is 2.86. The molecule has 218 valence electrons. The first-order valence-corrected chi connectivity index (χ1v) is 13.2. The molecule has 12 heteroatoms. The van der Waals surface area contributed by atoms with Crippen LogP contribution in [0.3, 0.4) is 0 Å². The number of carbonyl (C=O) groups excluding carboxylic acids is 1. The number of hydrogen-bond donors (Lipinski definition) is 0. The Morgan fingerprint density at radius 1 is 0.949 bits per heavy atom. The lowest BCUT2D eigenvalue weighted by atomic mass is 10.1. The number of aryl methyl sites for hydroxylation is 1. The van der Waals surface area contributed by atoms with E-state index in [-0.39, 0.29) is 38.4 Å². The molecule has 0 unspecified atom stereocenters. The number of alkyl halides is 3. The van der Waals surface area contributed by atoms with Crippen LogP contribution in [-0.4, -0.2) is 45.3 Å². The molecule has 0 aliphatic rings. The molecular formula is C27H38F3N3O6. The third-order valence-electron chi connectivity index (χ3n) is 5.83. The molecule has 0 radical (unpaired) electrons. The minimum atomic E-state index is -4.37. The van der Waals surface area contributed by atoms with Crippen LogP contribution >= 0.6 is 0 Å². The number of esters is 1. The maximum atomic E-state index is 12.9. The molecule has 2 rings (SSSR count). The van der Waals surface area contributed by atoms with Crippen molar-refractivity contribution >= 4 is 5.97 Å². The van der Waals surface area contributed by atoms with Crippen LogP contribution in [0.4, 0.5) is 13.2 Å². The summed E-state index contributed by atoms with van der Waals surface area (Å²) in [7, 11) is 0. The number of halogens is 3. The maximum absolute atomic E-state index is 12.9. The molecular weight excluding hydrogens is 519 g/mol. The topological polar surface area (TPSA) is 102 Å². The Kier molecular flexibility index (Phi) is 12.1. The fourth-order valence-electron chi connectivity index (χ4n) is 3.76. The molecule has 1 heterocycles. The SMILES string of the molecule is CCCCCCc1nn(CCOc2ccc(OC(C)(C)C(=O)OCC)cc2)c(=O)n(CCCC(F)(F)F)c1=O. The Morgan fingerprint density at radius 2 is 1.62 bits per heavy atom. The Labute approximate surface area is 225 Å². The molecule has 2 aromatic rings. The summed E-state index contributed by atoms with van der Waals surface area (Å²) in [5.41, 5.74) is -2.43. The lowest BCUT2D eigenvalue weighted by Crippen LogP contribution is -2.44. The maximum Gasteiger partial charge on any atom is 0.389 e. The van der Waals surface area contributed by atoms with E-state index in [0.29, 0.717) is 24.3 Å². The standard InChI is InChI=1S/C27H38F3N3O6/c1-5-7-8-9-11-22-23(34)32(17-10-16-27(28,29)30)25(36)33(31-22)18-19-38-20-12-14-21(15-13-20)39-26(3,4)24(35)37-6-2/h12-15H,5-11,16-19H2,1-4H3. The van der Waals surface area contributed by atoms with Crippen LogP contribution < -0.4 is 20.7 Å². The monoisotopic (exact) mass is 557 g/mol. The molecule has 0 bridgehead atoms. The largest absolute Gasteiger partial charge is 0.492 e. The highest BCUT2D eigenvalue weighted by atomic mass is 19.4. The second-order valence-corrected chi connectivity index (χ2v) is 9.59. The Balaban J connectivity index is 2.10. The van der Waals surface area contributed by atoms with E-state index in [1.807, 2.05) is 0 Å². The van der Waals surface area contributed by atoms with Crippen LogP contribution in [-0.2, 0) is 29.0 Å². The highest BCUT2D eigenvalue weighted by molar-refractivity contribution is 5.79. The molecule has 39 heavy (non-hydrogen) atoms. The molecule has 0 amide bonds. The molecule has 1 aromatic carbocycles. The number of hydrogen-bond acceptors (Lipinski definition) is 7. The van der Waals surface area contributed by atoms with Gasteiger partial charge in [-0.15, -0.1) is 0 Å². The zero-order chi connectivity index (χ0) is 29.1. The number of nitrogens with zero attached hydrogens (tertiary/aromatic N) is 3. The van der Waals surface area contributed by atoms with Gasteiger partial charge in [-0.05, 0) is 64.3 Å². The van der Waals surface area contributed by atoms with Gasteiger partial charge in [0.2, 0.25) is 0 Å². The first kappa shape index (κ1) is 31.9. The van der Waals surface area contributed by atoms with E-state index >= 15 is 0 Å². The minimum Gasteiger partial charge on any atom is -0.492 e. The quantitative estimate of drug-likeness (QED) is 0.218. The zero-order valence-corrected chi connectivity index (χ0v) is 23.0. The van der Waals surface area contributed by atoms with Crippen molar-refractivity contribution in [2.24, 2.45) is 0 Å². The average molecular weight is 558 g/mol. The summed E-state index contributed by atoms with van der Waals surface area (Å²) in [5, 5.41) is 4.21. The number of rotatable bonds is 16. The molecule has 0 N–H and O–H groups in total. The van der Waals surface area contributed by atoms with E-state index in [1.165, 1.54) is 0 Å². The summed E-state index contributed by atoms with van der Waals surface area (Å²) < 4.78 is 56.2. The summed E-state index contributed by atoms with van der Waals surface area (Å²) in [6, 6.07) is 6.50. The second kappa shape index (κ2) is 14.7. The molecule has 9 nitrogen and oxygen atoms in total. The summed E-state index contributed by atoms with van der Waals surface area (Å²) >= 11 is 0. The van der Waals surface area contributed by atoms with Crippen molar-refractivity contribution < 1.29 is 32.2 Å². The highest BCUT2D eigenvalue weighted by Crippen LogP contribution is 2.23. The second-order valence-electron chi connectivity index (χ2n) is 9.59. The van der Waals surface area contributed by atoms with Crippen molar-refractivity contribution in [1.82, 2.24) is 14.3 Å². The van der Waals surface area contributed by atoms with Gasteiger partial charge in [0.15, 0.2) is 5.60 Å². The summed E-state index contributed by atoms with van der Waals surface area (Å²) in [6.07, 6.45) is -1.95. The van der Waals surface area contributed by atoms with Crippen molar-refractivity contribution in [2.75, 3.05) is 13.2 Å². The van der Waals surface area contributed by atoms with E-state index in [0.717, 1.165) is 28.5 Å². The van der Waals surface area contributed by atoms with E-state index in [2.05, 4.69) is 12.0 Å². The number of aromatic nitrogens is 3. The third-order valence-corrected chi connectivity index (χ3v) is 5.83. The van der Waals surface area contributed by atoms with Crippen LogP contribution in [0.5, 0.6) is 11.5 Å².